The Labute approximate surface area is 112 Å². The lowest BCUT2D eigenvalue weighted by Crippen LogP contribution is -1.96. The summed E-state index contributed by atoms with van der Waals surface area (Å²) in [6.45, 7) is 2.27. The maximum Gasteiger partial charge on any atom is 0.0278 e. The van der Waals surface area contributed by atoms with Gasteiger partial charge in [-0.3, -0.25) is 0 Å². The molecule has 0 radical (unpaired) electrons. The maximum atomic E-state index is 2.29. The molecule has 2 aromatic heterocycles. The Bertz CT molecular complexity index is 352. The zero-order chi connectivity index (χ0) is 11.9. The Morgan fingerprint density at radius 2 is 1.59 bits per heavy atom. The molecule has 2 heterocycles. The van der Waals surface area contributed by atoms with Crippen molar-refractivity contribution in [2.75, 3.05) is 0 Å². The van der Waals surface area contributed by atoms with Crippen LogP contribution in [0.5, 0.6) is 0 Å². The summed E-state index contributed by atoms with van der Waals surface area (Å²) in [6, 6.07) is 8.92. The summed E-state index contributed by atoms with van der Waals surface area (Å²) in [5, 5.41) is 4.39. The third-order valence-corrected chi connectivity index (χ3v) is 5.09. The molecule has 0 saturated carbocycles. The first-order valence-electron chi connectivity index (χ1n) is 6.48. The maximum absolute atomic E-state index is 2.29. The van der Waals surface area contributed by atoms with Crippen molar-refractivity contribution in [2.24, 2.45) is 0 Å². The van der Waals surface area contributed by atoms with E-state index in [0.29, 0.717) is 5.92 Å². The van der Waals surface area contributed by atoms with E-state index >= 15 is 0 Å². The predicted molar refractivity (Wildman–Crippen MR) is 79.2 cm³/mol. The van der Waals surface area contributed by atoms with Crippen molar-refractivity contribution in [1.82, 2.24) is 0 Å². The number of rotatable bonds is 7. The van der Waals surface area contributed by atoms with Crippen LogP contribution in [-0.2, 0) is 0 Å². The zero-order valence-electron chi connectivity index (χ0n) is 10.4. The van der Waals surface area contributed by atoms with Crippen LogP contribution in [0, 0.1) is 0 Å². The van der Waals surface area contributed by atoms with E-state index in [1.54, 1.807) is 0 Å². The second-order valence-corrected chi connectivity index (χ2v) is 6.39. The fraction of sp³-hybridized carbons (Fsp3) is 0.467. The Morgan fingerprint density at radius 1 is 0.941 bits per heavy atom. The number of hydrogen-bond acceptors (Lipinski definition) is 2. The molecule has 92 valence electrons. The van der Waals surface area contributed by atoms with Gasteiger partial charge in [0.05, 0.1) is 0 Å². The lowest BCUT2D eigenvalue weighted by Gasteiger charge is -2.13. The minimum absolute atomic E-state index is 0.645. The van der Waals surface area contributed by atoms with Crippen LogP contribution in [0.4, 0.5) is 0 Å². The molecule has 2 rings (SSSR count). The van der Waals surface area contributed by atoms with E-state index < -0.39 is 0 Å². The highest BCUT2D eigenvalue weighted by Crippen LogP contribution is 2.35. The van der Waals surface area contributed by atoms with Crippen molar-refractivity contribution in [3.05, 3.63) is 44.8 Å². The van der Waals surface area contributed by atoms with Gasteiger partial charge < -0.3 is 0 Å². The zero-order valence-corrected chi connectivity index (χ0v) is 12.0. The van der Waals surface area contributed by atoms with Gasteiger partial charge in [-0.1, -0.05) is 44.7 Å². The Morgan fingerprint density at radius 3 is 2.06 bits per heavy atom. The van der Waals surface area contributed by atoms with E-state index in [2.05, 4.69) is 41.9 Å². The first-order valence-corrected chi connectivity index (χ1v) is 8.24. The molecule has 0 atom stereocenters. The molecule has 17 heavy (non-hydrogen) atoms. The molecule has 0 aliphatic carbocycles. The van der Waals surface area contributed by atoms with Crippen LogP contribution < -0.4 is 0 Å². The molecule has 0 saturated heterocycles. The van der Waals surface area contributed by atoms with Crippen LogP contribution >= 0.6 is 22.7 Å². The second-order valence-electron chi connectivity index (χ2n) is 4.43. The van der Waals surface area contributed by atoms with Crippen molar-refractivity contribution in [1.29, 1.82) is 0 Å². The van der Waals surface area contributed by atoms with Gasteiger partial charge in [0.2, 0.25) is 0 Å². The minimum atomic E-state index is 0.645. The molecule has 2 heteroatoms. The monoisotopic (exact) mass is 264 g/mol. The highest BCUT2D eigenvalue weighted by Gasteiger charge is 2.15. The molecule has 0 N–H and O–H groups in total. The van der Waals surface area contributed by atoms with Gasteiger partial charge in [0.1, 0.15) is 0 Å². The van der Waals surface area contributed by atoms with Gasteiger partial charge in [0, 0.05) is 15.7 Å². The summed E-state index contributed by atoms with van der Waals surface area (Å²) < 4.78 is 0. The van der Waals surface area contributed by atoms with Gasteiger partial charge in [-0.25, -0.2) is 0 Å². The van der Waals surface area contributed by atoms with E-state index in [1.807, 2.05) is 22.7 Å². The number of thiophene rings is 2. The lowest BCUT2D eigenvalue weighted by molar-refractivity contribution is 0.604. The smallest absolute Gasteiger partial charge is 0.0278 e. The summed E-state index contributed by atoms with van der Waals surface area (Å²) in [5.74, 6) is 0.645. The molecule has 0 bridgehead atoms. The van der Waals surface area contributed by atoms with Crippen LogP contribution in [0.3, 0.4) is 0 Å². The van der Waals surface area contributed by atoms with Crippen molar-refractivity contribution >= 4 is 22.7 Å². The molecule has 2 aromatic rings. The lowest BCUT2D eigenvalue weighted by atomic mass is 9.97. The molecule has 0 aliphatic rings. The average Bonchev–Trinajstić information content (AvgIpc) is 3.02. The highest BCUT2D eigenvalue weighted by atomic mass is 32.1. The summed E-state index contributed by atoms with van der Waals surface area (Å²) in [6.07, 6.45) is 6.74. The summed E-state index contributed by atoms with van der Waals surface area (Å²) in [4.78, 5) is 3.06. The third-order valence-electron chi connectivity index (χ3n) is 3.12. The molecular formula is C15H20S2. The topological polar surface area (TPSA) is 0 Å². The largest absolute Gasteiger partial charge is 0.148 e. The van der Waals surface area contributed by atoms with Crippen LogP contribution in [0.2, 0.25) is 0 Å². The first-order chi connectivity index (χ1) is 8.42. The van der Waals surface area contributed by atoms with Crippen LogP contribution in [0.1, 0.15) is 54.7 Å². The average molecular weight is 264 g/mol. The van der Waals surface area contributed by atoms with E-state index in [0.717, 1.165) is 0 Å². The molecule has 0 nitrogen and oxygen atoms in total. The van der Waals surface area contributed by atoms with Crippen molar-refractivity contribution in [3.8, 4) is 0 Å². The fourth-order valence-electron chi connectivity index (χ4n) is 2.18. The Kier molecular flexibility index (Phi) is 5.27. The highest BCUT2D eigenvalue weighted by molar-refractivity contribution is 7.11. The van der Waals surface area contributed by atoms with E-state index in [9.17, 15) is 0 Å². The van der Waals surface area contributed by atoms with E-state index in [1.165, 1.54) is 41.9 Å². The summed E-state index contributed by atoms with van der Waals surface area (Å²) >= 11 is 3.80. The minimum Gasteiger partial charge on any atom is -0.148 e. The van der Waals surface area contributed by atoms with Gasteiger partial charge in [0.25, 0.3) is 0 Å². The van der Waals surface area contributed by atoms with Gasteiger partial charge in [-0.2, -0.15) is 0 Å². The number of unbranched alkanes of at least 4 members (excludes halogenated alkanes) is 3. The van der Waals surface area contributed by atoms with Crippen LogP contribution in [-0.4, -0.2) is 0 Å². The molecule has 0 aliphatic heterocycles. The van der Waals surface area contributed by atoms with E-state index in [4.69, 9.17) is 0 Å². The standard InChI is InChI=1S/C15H20S2/c1-2-3-4-5-8-13(14-9-6-11-16-14)15-10-7-12-17-15/h6-7,9-13H,2-5,8H2,1H3. The van der Waals surface area contributed by atoms with Gasteiger partial charge in [0.15, 0.2) is 0 Å². The quantitative estimate of drug-likeness (QED) is 0.545. The second kappa shape index (κ2) is 6.97. The van der Waals surface area contributed by atoms with E-state index in [-0.39, 0.29) is 0 Å². The van der Waals surface area contributed by atoms with Crippen molar-refractivity contribution < 1.29 is 0 Å². The molecule has 0 unspecified atom stereocenters. The molecule has 0 fully saturated rings. The summed E-state index contributed by atoms with van der Waals surface area (Å²) in [5.41, 5.74) is 0. The Hall–Kier alpha value is -0.600. The van der Waals surface area contributed by atoms with Crippen molar-refractivity contribution in [2.45, 2.75) is 44.9 Å². The van der Waals surface area contributed by atoms with Gasteiger partial charge >= 0.3 is 0 Å². The predicted octanol–water partition coefficient (Wildman–Crippen LogP) is 5.91. The van der Waals surface area contributed by atoms with Crippen LogP contribution in [0.15, 0.2) is 35.0 Å². The molecular weight excluding hydrogens is 244 g/mol. The summed E-state index contributed by atoms with van der Waals surface area (Å²) in [7, 11) is 0. The molecule has 0 amide bonds. The fourth-order valence-corrected chi connectivity index (χ4v) is 4.01. The van der Waals surface area contributed by atoms with Crippen LogP contribution in [0.25, 0.3) is 0 Å². The molecule has 0 spiro atoms. The normalized spacial score (nSPS) is 11.2. The van der Waals surface area contributed by atoms with Gasteiger partial charge in [-0.15, -0.1) is 22.7 Å². The SMILES string of the molecule is CCCCCCC(c1cccs1)c1cccs1. The third kappa shape index (κ3) is 3.68. The molecule has 0 aromatic carbocycles. The van der Waals surface area contributed by atoms with Crippen molar-refractivity contribution in [3.63, 3.8) is 0 Å². The number of hydrogen-bond donors (Lipinski definition) is 0. The Balaban J connectivity index is 1.99. The van der Waals surface area contributed by atoms with Gasteiger partial charge in [-0.05, 0) is 29.3 Å². The first kappa shape index (κ1) is 12.8.